The molecule has 2 fully saturated rings. The summed E-state index contributed by atoms with van der Waals surface area (Å²) in [5.74, 6) is -5.80. The van der Waals surface area contributed by atoms with Crippen molar-refractivity contribution in [2.75, 3.05) is 13.2 Å². The fourth-order valence-corrected chi connectivity index (χ4v) is 5.60. The zero-order valence-electron chi connectivity index (χ0n) is 21.8. The predicted octanol–water partition coefficient (Wildman–Crippen LogP) is 9.25. The number of alkyl halides is 3. The summed E-state index contributed by atoms with van der Waals surface area (Å²) < 4.78 is 110. The van der Waals surface area contributed by atoms with Gasteiger partial charge in [0.25, 0.3) is 0 Å². The average Bonchev–Trinajstić information content (AvgIpc) is 2.88. The quantitative estimate of drug-likeness (QED) is 0.285. The SMILES string of the molecule is CCCCC1CCC(CCC2COC(c3cc(F)c(-c4cc(F)c(OC(F)(F)F)c(F)c4)c(F)c3)OC2)CC1. The molecule has 1 aliphatic carbocycles. The predicted molar refractivity (Wildman–Crippen MR) is 131 cm³/mol. The van der Waals surface area contributed by atoms with Crippen LogP contribution >= 0.6 is 0 Å². The van der Waals surface area contributed by atoms with E-state index in [0.29, 0.717) is 31.3 Å². The van der Waals surface area contributed by atoms with Gasteiger partial charge in [-0.15, -0.1) is 13.2 Å². The summed E-state index contributed by atoms with van der Waals surface area (Å²) in [5, 5.41) is 0. The summed E-state index contributed by atoms with van der Waals surface area (Å²) in [6.45, 7) is 2.97. The molecule has 0 N–H and O–H groups in total. The van der Waals surface area contributed by atoms with Crippen molar-refractivity contribution >= 4 is 0 Å². The molecule has 216 valence electrons. The second-order valence-corrected chi connectivity index (χ2v) is 10.6. The van der Waals surface area contributed by atoms with Gasteiger partial charge in [0.15, 0.2) is 17.9 Å². The van der Waals surface area contributed by atoms with E-state index in [1.54, 1.807) is 0 Å². The number of ether oxygens (including phenoxy) is 3. The van der Waals surface area contributed by atoms with E-state index in [4.69, 9.17) is 9.47 Å². The number of hydrogen-bond acceptors (Lipinski definition) is 3. The van der Waals surface area contributed by atoms with Crippen molar-refractivity contribution in [3.05, 3.63) is 53.1 Å². The Labute approximate surface area is 223 Å². The molecule has 10 heteroatoms. The maximum Gasteiger partial charge on any atom is 0.573 e. The minimum absolute atomic E-state index is 0.0515. The molecule has 0 bridgehead atoms. The van der Waals surface area contributed by atoms with Crippen LogP contribution in [0.4, 0.5) is 30.7 Å². The Kier molecular flexibility index (Phi) is 9.80. The molecule has 0 unspecified atom stereocenters. The smallest absolute Gasteiger partial charge is 0.399 e. The minimum atomic E-state index is -5.34. The molecule has 1 saturated heterocycles. The lowest BCUT2D eigenvalue weighted by Gasteiger charge is -2.32. The Hall–Kier alpha value is -2.33. The van der Waals surface area contributed by atoms with Gasteiger partial charge in [0.2, 0.25) is 5.75 Å². The molecule has 0 radical (unpaired) electrons. The highest BCUT2D eigenvalue weighted by atomic mass is 19.4. The molecule has 1 aliphatic heterocycles. The Morgan fingerprint density at radius 3 is 1.77 bits per heavy atom. The first kappa shape index (κ1) is 29.6. The van der Waals surface area contributed by atoms with E-state index in [0.717, 1.165) is 30.9 Å². The van der Waals surface area contributed by atoms with Crippen molar-refractivity contribution < 1.29 is 44.9 Å². The Bertz CT molecular complexity index is 1060. The minimum Gasteiger partial charge on any atom is -0.399 e. The summed E-state index contributed by atoms with van der Waals surface area (Å²) in [5.41, 5.74) is -1.37. The van der Waals surface area contributed by atoms with E-state index in [-0.39, 0.29) is 11.5 Å². The molecule has 4 rings (SSSR count). The zero-order valence-corrected chi connectivity index (χ0v) is 21.8. The topological polar surface area (TPSA) is 27.7 Å². The third-order valence-electron chi connectivity index (χ3n) is 7.72. The molecule has 3 nitrogen and oxygen atoms in total. The number of unbranched alkanes of at least 4 members (excludes halogenated alkanes) is 1. The van der Waals surface area contributed by atoms with Crippen LogP contribution in [0.3, 0.4) is 0 Å². The summed E-state index contributed by atoms with van der Waals surface area (Å²) >= 11 is 0. The van der Waals surface area contributed by atoms with Crippen LogP contribution in [-0.2, 0) is 9.47 Å². The van der Waals surface area contributed by atoms with Crippen LogP contribution in [0.25, 0.3) is 11.1 Å². The van der Waals surface area contributed by atoms with Crippen molar-refractivity contribution in [1.29, 1.82) is 0 Å². The second-order valence-electron chi connectivity index (χ2n) is 10.6. The van der Waals surface area contributed by atoms with Gasteiger partial charge in [-0.2, -0.15) is 0 Å². The molecule has 1 saturated carbocycles. The normalized spacial score (nSPS) is 24.1. The van der Waals surface area contributed by atoms with Gasteiger partial charge in [0.1, 0.15) is 11.6 Å². The highest BCUT2D eigenvalue weighted by Gasteiger charge is 2.35. The lowest BCUT2D eigenvalue weighted by atomic mass is 9.77. The first-order chi connectivity index (χ1) is 18.5. The maximum absolute atomic E-state index is 14.9. The van der Waals surface area contributed by atoms with E-state index in [1.165, 1.54) is 44.9 Å². The summed E-state index contributed by atoms with van der Waals surface area (Å²) in [7, 11) is 0. The summed E-state index contributed by atoms with van der Waals surface area (Å²) in [4.78, 5) is 0. The first-order valence-corrected chi connectivity index (χ1v) is 13.5. The third-order valence-corrected chi connectivity index (χ3v) is 7.72. The average molecular weight is 563 g/mol. The van der Waals surface area contributed by atoms with E-state index in [9.17, 15) is 30.7 Å². The van der Waals surface area contributed by atoms with Crippen LogP contribution in [0.2, 0.25) is 0 Å². The molecule has 39 heavy (non-hydrogen) atoms. The molecule has 0 amide bonds. The van der Waals surface area contributed by atoms with Crippen LogP contribution in [-0.4, -0.2) is 19.6 Å². The largest absolute Gasteiger partial charge is 0.573 e. The second kappa shape index (κ2) is 12.9. The van der Waals surface area contributed by atoms with E-state index >= 15 is 0 Å². The molecule has 1 heterocycles. The molecule has 0 spiro atoms. The van der Waals surface area contributed by atoms with Crippen molar-refractivity contribution in [2.24, 2.45) is 17.8 Å². The molecule has 2 aliphatic rings. The van der Waals surface area contributed by atoms with Crippen LogP contribution < -0.4 is 4.74 Å². The van der Waals surface area contributed by atoms with Crippen molar-refractivity contribution in [2.45, 2.75) is 77.4 Å². The standard InChI is InChI=1S/C29H33F7O3/c1-2-3-4-17-5-7-18(8-6-17)9-10-19-15-37-28(38-16-19)21-13-22(30)26(23(31)14-21)20-11-24(32)27(25(33)12-20)39-29(34,35)36/h11-14,17-19,28H,2-10,15-16H2,1H3. The van der Waals surface area contributed by atoms with Gasteiger partial charge in [-0.25, -0.2) is 17.6 Å². The Morgan fingerprint density at radius 2 is 1.26 bits per heavy atom. The highest BCUT2D eigenvalue weighted by Crippen LogP contribution is 2.38. The Balaban J connectivity index is 1.33. The molecule has 2 aromatic rings. The molecule has 0 atom stereocenters. The van der Waals surface area contributed by atoms with Crippen molar-refractivity contribution in [1.82, 2.24) is 0 Å². The van der Waals surface area contributed by atoms with Gasteiger partial charge in [-0.1, -0.05) is 58.3 Å². The van der Waals surface area contributed by atoms with Gasteiger partial charge in [0.05, 0.1) is 18.8 Å². The fraction of sp³-hybridized carbons (Fsp3) is 0.586. The first-order valence-electron chi connectivity index (χ1n) is 13.5. The molecule has 0 aromatic heterocycles. The van der Waals surface area contributed by atoms with Crippen molar-refractivity contribution in [3.63, 3.8) is 0 Å². The molecular weight excluding hydrogens is 529 g/mol. The lowest BCUT2D eigenvalue weighted by molar-refractivity contribution is -0.276. The molecular formula is C29H33F7O3. The van der Waals surface area contributed by atoms with Crippen LogP contribution in [0, 0.1) is 41.0 Å². The number of rotatable bonds is 9. The number of hydrogen-bond donors (Lipinski definition) is 0. The van der Waals surface area contributed by atoms with Gasteiger partial charge in [-0.05, 0) is 48.1 Å². The Morgan fingerprint density at radius 1 is 0.744 bits per heavy atom. The monoisotopic (exact) mass is 562 g/mol. The van der Waals surface area contributed by atoms with Gasteiger partial charge in [0, 0.05) is 11.5 Å². The lowest BCUT2D eigenvalue weighted by Crippen LogP contribution is -2.28. The zero-order chi connectivity index (χ0) is 28.2. The highest BCUT2D eigenvalue weighted by molar-refractivity contribution is 5.66. The van der Waals surface area contributed by atoms with Gasteiger partial charge >= 0.3 is 6.36 Å². The van der Waals surface area contributed by atoms with E-state index in [1.807, 2.05) is 0 Å². The number of benzene rings is 2. The number of halogens is 7. The van der Waals surface area contributed by atoms with E-state index < -0.39 is 52.8 Å². The van der Waals surface area contributed by atoms with Crippen LogP contribution in [0.5, 0.6) is 5.75 Å². The summed E-state index contributed by atoms with van der Waals surface area (Å²) in [6, 6.07) is 2.61. The fourth-order valence-electron chi connectivity index (χ4n) is 5.60. The third kappa shape index (κ3) is 7.87. The van der Waals surface area contributed by atoms with Crippen LogP contribution in [0.15, 0.2) is 24.3 Å². The van der Waals surface area contributed by atoms with Crippen LogP contribution in [0.1, 0.15) is 76.6 Å². The maximum atomic E-state index is 14.9. The summed E-state index contributed by atoms with van der Waals surface area (Å²) in [6.07, 6.45) is 4.66. The van der Waals surface area contributed by atoms with Crippen molar-refractivity contribution in [3.8, 4) is 16.9 Å². The molecule has 2 aromatic carbocycles. The van der Waals surface area contributed by atoms with E-state index in [2.05, 4.69) is 11.7 Å². The van der Waals surface area contributed by atoms with Gasteiger partial charge in [-0.3, -0.25) is 0 Å². The van der Waals surface area contributed by atoms with Gasteiger partial charge < -0.3 is 14.2 Å².